The molecule has 2 aromatic carbocycles. The van der Waals surface area contributed by atoms with Crippen molar-refractivity contribution in [2.75, 3.05) is 5.32 Å². The Morgan fingerprint density at radius 3 is 2.79 bits per heavy atom. The number of nitrogens with one attached hydrogen (secondary N) is 1. The SMILES string of the molecule is Cn1ncc2c3nc(Nc4cc(C(N)=O)ccc4OC(F)(F)F)sc3ccc21. The van der Waals surface area contributed by atoms with Gasteiger partial charge in [0.15, 0.2) is 10.9 Å². The lowest BCUT2D eigenvalue weighted by Gasteiger charge is -2.14. The third-order valence-electron chi connectivity index (χ3n) is 4.02. The van der Waals surface area contributed by atoms with Gasteiger partial charge < -0.3 is 15.8 Å². The fourth-order valence-corrected chi connectivity index (χ4v) is 3.68. The smallest absolute Gasteiger partial charge is 0.404 e. The Hall–Kier alpha value is -3.34. The van der Waals surface area contributed by atoms with Gasteiger partial charge in [0.05, 0.1) is 27.6 Å². The average molecular weight is 407 g/mol. The summed E-state index contributed by atoms with van der Waals surface area (Å²) in [6.07, 6.45) is -3.22. The van der Waals surface area contributed by atoms with E-state index in [1.807, 2.05) is 12.1 Å². The van der Waals surface area contributed by atoms with Crippen LogP contribution < -0.4 is 15.8 Å². The summed E-state index contributed by atoms with van der Waals surface area (Å²) < 4.78 is 44.7. The number of thiazole rings is 1. The van der Waals surface area contributed by atoms with Crippen molar-refractivity contribution in [3.63, 3.8) is 0 Å². The summed E-state index contributed by atoms with van der Waals surface area (Å²) in [7, 11) is 1.80. The Morgan fingerprint density at radius 2 is 2.07 bits per heavy atom. The number of nitrogens with two attached hydrogens (primary N) is 1. The van der Waals surface area contributed by atoms with Crippen molar-refractivity contribution in [3.05, 3.63) is 42.1 Å². The first-order valence-electron chi connectivity index (χ1n) is 7.89. The largest absolute Gasteiger partial charge is 0.573 e. The second-order valence-corrected chi connectivity index (χ2v) is 6.91. The summed E-state index contributed by atoms with van der Waals surface area (Å²) in [6, 6.07) is 7.12. The number of amides is 1. The maximum absolute atomic E-state index is 12.7. The molecule has 0 fully saturated rings. The van der Waals surface area contributed by atoms with Gasteiger partial charge in [0.1, 0.15) is 0 Å². The highest BCUT2D eigenvalue weighted by Crippen LogP contribution is 2.37. The number of fused-ring (bicyclic) bond motifs is 3. The molecule has 0 unspecified atom stereocenters. The van der Waals surface area contributed by atoms with Crippen LogP contribution in [0.2, 0.25) is 0 Å². The first-order chi connectivity index (χ1) is 13.2. The van der Waals surface area contributed by atoms with Crippen LogP contribution in [0.1, 0.15) is 10.4 Å². The lowest BCUT2D eigenvalue weighted by Crippen LogP contribution is -2.18. The Labute approximate surface area is 159 Å². The van der Waals surface area contributed by atoms with Crippen LogP contribution in [0.4, 0.5) is 24.0 Å². The molecule has 28 heavy (non-hydrogen) atoms. The van der Waals surface area contributed by atoms with E-state index in [0.717, 1.165) is 27.7 Å². The summed E-state index contributed by atoms with van der Waals surface area (Å²) in [5.41, 5.74) is 6.73. The standard InChI is InChI=1S/C17H12F3N5O2S/c1-25-11-3-5-13-14(9(11)7-22-25)24-16(28-13)23-10-6-8(15(21)26)2-4-12(10)27-17(18,19)20/h2-7H,1H3,(H2,21,26)(H,23,24). The fourth-order valence-electron chi connectivity index (χ4n) is 2.78. The van der Waals surface area contributed by atoms with E-state index in [1.54, 1.807) is 17.9 Å². The Balaban J connectivity index is 1.78. The molecule has 0 radical (unpaired) electrons. The van der Waals surface area contributed by atoms with E-state index in [-0.39, 0.29) is 11.3 Å². The molecule has 2 heterocycles. The third-order valence-corrected chi connectivity index (χ3v) is 4.95. The van der Waals surface area contributed by atoms with Gasteiger partial charge in [-0.1, -0.05) is 11.3 Å². The van der Waals surface area contributed by atoms with E-state index in [9.17, 15) is 18.0 Å². The molecule has 0 atom stereocenters. The number of hydrogen-bond donors (Lipinski definition) is 2. The van der Waals surface area contributed by atoms with Gasteiger partial charge in [0, 0.05) is 18.0 Å². The molecule has 11 heteroatoms. The highest BCUT2D eigenvalue weighted by atomic mass is 32.1. The first kappa shape index (κ1) is 18.0. The second-order valence-electron chi connectivity index (χ2n) is 5.88. The summed E-state index contributed by atoms with van der Waals surface area (Å²) in [4.78, 5) is 15.9. The predicted molar refractivity (Wildman–Crippen MR) is 98.8 cm³/mol. The van der Waals surface area contributed by atoms with Crippen LogP contribution in [0.15, 0.2) is 36.5 Å². The van der Waals surface area contributed by atoms with Crippen molar-refractivity contribution in [1.29, 1.82) is 0 Å². The van der Waals surface area contributed by atoms with Gasteiger partial charge in [-0.3, -0.25) is 9.48 Å². The molecule has 0 aliphatic heterocycles. The number of alkyl halides is 3. The van der Waals surface area contributed by atoms with Crippen LogP contribution >= 0.6 is 11.3 Å². The fraction of sp³-hybridized carbons (Fsp3) is 0.118. The molecule has 2 aromatic heterocycles. The minimum Gasteiger partial charge on any atom is -0.404 e. The van der Waals surface area contributed by atoms with Crippen molar-refractivity contribution < 1.29 is 22.7 Å². The molecule has 7 nitrogen and oxygen atoms in total. The number of aromatic nitrogens is 3. The van der Waals surface area contributed by atoms with Crippen molar-refractivity contribution >= 4 is 49.2 Å². The zero-order valence-corrected chi connectivity index (χ0v) is 15.1. The first-order valence-corrected chi connectivity index (χ1v) is 8.71. The van der Waals surface area contributed by atoms with Crippen molar-refractivity contribution in [1.82, 2.24) is 14.8 Å². The number of rotatable bonds is 4. The zero-order chi connectivity index (χ0) is 20.1. The molecule has 0 aliphatic rings. The highest BCUT2D eigenvalue weighted by Gasteiger charge is 2.32. The van der Waals surface area contributed by atoms with Gasteiger partial charge >= 0.3 is 6.36 Å². The molecule has 144 valence electrons. The van der Waals surface area contributed by atoms with Crippen molar-refractivity contribution in [2.45, 2.75) is 6.36 Å². The molecular weight excluding hydrogens is 395 g/mol. The summed E-state index contributed by atoms with van der Waals surface area (Å²) >= 11 is 1.24. The second kappa shape index (κ2) is 6.37. The van der Waals surface area contributed by atoms with Gasteiger partial charge in [-0.05, 0) is 30.3 Å². The number of benzene rings is 2. The van der Waals surface area contributed by atoms with Crippen LogP contribution in [0.25, 0.3) is 21.1 Å². The summed E-state index contributed by atoms with van der Waals surface area (Å²) in [5, 5.41) is 8.14. The Kier molecular flexibility index (Phi) is 4.11. The lowest BCUT2D eigenvalue weighted by molar-refractivity contribution is -0.274. The number of primary amides is 1. The molecule has 4 aromatic rings. The number of halogens is 3. The quantitative estimate of drug-likeness (QED) is 0.535. The highest BCUT2D eigenvalue weighted by molar-refractivity contribution is 7.22. The third kappa shape index (κ3) is 3.31. The molecule has 1 amide bonds. The monoisotopic (exact) mass is 407 g/mol. The van der Waals surface area contributed by atoms with E-state index in [2.05, 4.69) is 20.1 Å². The van der Waals surface area contributed by atoms with Gasteiger partial charge in [-0.25, -0.2) is 4.98 Å². The van der Waals surface area contributed by atoms with Crippen LogP contribution in [0, 0.1) is 0 Å². The van der Waals surface area contributed by atoms with Crippen LogP contribution in [-0.4, -0.2) is 27.0 Å². The van der Waals surface area contributed by atoms with Gasteiger partial charge in [-0.2, -0.15) is 5.10 Å². The van der Waals surface area contributed by atoms with Gasteiger partial charge in [0.2, 0.25) is 5.91 Å². The van der Waals surface area contributed by atoms with E-state index >= 15 is 0 Å². The molecule has 0 saturated carbocycles. The molecule has 4 rings (SSSR count). The number of ether oxygens (including phenoxy) is 1. The van der Waals surface area contributed by atoms with E-state index in [1.165, 1.54) is 17.4 Å². The van der Waals surface area contributed by atoms with Crippen LogP contribution in [-0.2, 0) is 7.05 Å². The number of anilines is 2. The van der Waals surface area contributed by atoms with Crippen molar-refractivity contribution in [3.8, 4) is 5.75 Å². The minimum atomic E-state index is -4.89. The maximum atomic E-state index is 12.7. The molecule has 0 spiro atoms. The topological polar surface area (TPSA) is 95.1 Å². The molecule has 0 bridgehead atoms. The normalized spacial score (nSPS) is 11.9. The van der Waals surface area contributed by atoms with Gasteiger partial charge in [0.25, 0.3) is 0 Å². The van der Waals surface area contributed by atoms with Crippen molar-refractivity contribution in [2.24, 2.45) is 12.8 Å². The molecule has 0 aliphatic carbocycles. The van der Waals surface area contributed by atoms with Crippen LogP contribution in [0.5, 0.6) is 5.75 Å². The molecule has 3 N–H and O–H groups in total. The maximum Gasteiger partial charge on any atom is 0.573 e. The molecular formula is C17H12F3N5O2S. The summed E-state index contributed by atoms with van der Waals surface area (Å²) in [5.74, 6) is -1.27. The summed E-state index contributed by atoms with van der Waals surface area (Å²) in [6.45, 7) is 0. The Bertz CT molecular complexity index is 1210. The number of carbonyl (C=O) groups excluding carboxylic acids is 1. The zero-order valence-electron chi connectivity index (χ0n) is 14.2. The van der Waals surface area contributed by atoms with E-state index in [4.69, 9.17) is 5.73 Å². The number of hydrogen-bond acceptors (Lipinski definition) is 6. The lowest BCUT2D eigenvalue weighted by atomic mass is 10.2. The number of carbonyl (C=O) groups is 1. The molecule has 0 saturated heterocycles. The van der Waals surface area contributed by atoms with Gasteiger partial charge in [-0.15, -0.1) is 13.2 Å². The Morgan fingerprint density at radius 1 is 1.29 bits per heavy atom. The predicted octanol–water partition coefficient (Wildman–Crippen LogP) is 3.92. The number of nitrogens with zero attached hydrogens (tertiary/aromatic N) is 3. The van der Waals surface area contributed by atoms with Crippen LogP contribution in [0.3, 0.4) is 0 Å². The van der Waals surface area contributed by atoms with E-state index < -0.39 is 18.0 Å². The number of aryl methyl sites for hydroxylation is 1. The van der Waals surface area contributed by atoms with E-state index in [0.29, 0.717) is 10.6 Å². The average Bonchev–Trinajstić information content (AvgIpc) is 3.18. The minimum absolute atomic E-state index is 0.0350.